The van der Waals surface area contributed by atoms with Crippen LogP contribution in [0.15, 0.2) is 108 Å². The summed E-state index contributed by atoms with van der Waals surface area (Å²) in [7, 11) is 0. The largest absolute Gasteiger partial charge is 0.439 e. The van der Waals surface area contributed by atoms with Crippen molar-refractivity contribution in [3.8, 4) is 5.69 Å². The van der Waals surface area contributed by atoms with E-state index < -0.39 is 0 Å². The Morgan fingerprint density at radius 1 is 0.559 bits per heavy atom. The Morgan fingerprint density at radius 2 is 1.26 bits per heavy atom. The molecule has 6 aromatic carbocycles. The fraction of sp³-hybridized carbons (Fsp3) is 0.397. The van der Waals surface area contributed by atoms with E-state index in [4.69, 9.17) is 4.42 Å². The quantitative estimate of drug-likeness (QED) is 0.162. The predicted octanol–water partition coefficient (Wildman–Crippen LogP) is 15.1. The number of benzene rings is 6. The highest BCUT2D eigenvalue weighted by Crippen LogP contribution is 2.62. The van der Waals surface area contributed by atoms with E-state index in [1.165, 1.54) is 138 Å². The van der Waals surface area contributed by atoms with Crippen LogP contribution in [0.4, 0.5) is 28.4 Å². The molecule has 5 heteroatoms. The lowest BCUT2D eigenvalue weighted by molar-refractivity contribution is 0.195. The van der Waals surface area contributed by atoms with Gasteiger partial charge in [-0.25, -0.2) is 0 Å². The summed E-state index contributed by atoms with van der Waals surface area (Å²) >= 11 is 0. The number of aryl methyl sites for hydroxylation is 1. The molecule has 5 aliphatic rings. The van der Waals surface area contributed by atoms with Gasteiger partial charge in [-0.1, -0.05) is 138 Å². The highest BCUT2D eigenvalue weighted by molar-refractivity contribution is 7.00. The van der Waals surface area contributed by atoms with E-state index in [-0.39, 0.29) is 39.3 Å². The van der Waals surface area contributed by atoms with Gasteiger partial charge in [0, 0.05) is 50.3 Å². The first-order chi connectivity index (χ1) is 32.1. The highest BCUT2D eigenvalue weighted by Gasteiger charge is 2.58. The normalized spacial score (nSPS) is 22.1. The first-order valence-corrected chi connectivity index (χ1v) is 25.8. The molecule has 1 fully saturated rings. The van der Waals surface area contributed by atoms with Crippen LogP contribution in [0.25, 0.3) is 38.7 Å². The van der Waals surface area contributed by atoms with Gasteiger partial charge in [-0.15, -0.1) is 0 Å². The summed E-state index contributed by atoms with van der Waals surface area (Å²) in [4.78, 5) is 5.47. The zero-order valence-corrected chi connectivity index (χ0v) is 42.9. The Kier molecular flexibility index (Phi) is 8.33. The molecule has 344 valence electrons. The van der Waals surface area contributed by atoms with E-state index in [0.717, 1.165) is 17.7 Å². The lowest BCUT2D eigenvalue weighted by Gasteiger charge is -2.50. The topological polar surface area (TPSA) is 24.6 Å². The minimum absolute atomic E-state index is 0.0206. The van der Waals surface area contributed by atoms with Gasteiger partial charge in [0.2, 0.25) is 5.71 Å². The molecular weight excluding hydrogens is 826 g/mol. The molecule has 2 aliphatic carbocycles. The number of nitrogens with zero attached hydrogens (tertiary/aromatic N) is 3. The summed E-state index contributed by atoms with van der Waals surface area (Å²) in [5.41, 5.74) is 23.6. The molecule has 0 N–H and O–H groups in total. The molecule has 1 saturated carbocycles. The van der Waals surface area contributed by atoms with E-state index in [0.29, 0.717) is 0 Å². The second-order valence-electron chi connectivity index (χ2n) is 25.7. The second-order valence-corrected chi connectivity index (χ2v) is 25.7. The number of aromatic nitrogens is 1. The second kappa shape index (κ2) is 13.3. The van der Waals surface area contributed by atoms with Gasteiger partial charge in [0.05, 0.1) is 16.4 Å². The van der Waals surface area contributed by atoms with Crippen LogP contribution in [0.1, 0.15) is 155 Å². The molecule has 3 aliphatic heterocycles. The average Bonchev–Trinajstić information content (AvgIpc) is 3.89. The third-order valence-electron chi connectivity index (χ3n) is 18.5. The van der Waals surface area contributed by atoms with Gasteiger partial charge >= 0.3 is 0 Å². The van der Waals surface area contributed by atoms with Gasteiger partial charge in [0.15, 0.2) is 0 Å². The average molecular weight is 894 g/mol. The van der Waals surface area contributed by atoms with Gasteiger partial charge in [0.1, 0.15) is 5.58 Å². The number of furan rings is 1. The summed E-state index contributed by atoms with van der Waals surface area (Å²) in [5, 5.41) is 3.69. The predicted molar refractivity (Wildman–Crippen MR) is 290 cm³/mol. The molecule has 0 radical (unpaired) electrons. The maximum atomic E-state index is 7.01. The molecule has 2 unspecified atom stereocenters. The fourth-order valence-corrected chi connectivity index (χ4v) is 14.3. The van der Waals surface area contributed by atoms with E-state index >= 15 is 0 Å². The first-order valence-electron chi connectivity index (χ1n) is 25.8. The molecular formula is C63H68BN3O. The lowest BCUT2D eigenvalue weighted by Crippen LogP contribution is -2.60. The molecule has 68 heavy (non-hydrogen) atoms. The molecule has 0 spiro atoms. The minimum Gasteiger partial charge on any atom is -0.439 e. The molecule has 4 nitrogen and oxygen atoms in total. The zero-order chi connectivity index (χ0) is 47.4. The molecule has 8 aromatic rings. The van der Waals surface area contributed by atoms with Crippen molar-refractivity contribution in [2.75, 3.05) is 9.80 Å². The van der Waals surface area contributed by atoms with Crippen LogP contribution < -0.4 is 26.2 Å². The Morgan fingerprint density at radius 3 is 2.03 bits per heavy atom. The van der Waals surface area contributed by atoms with Crippen LogP contribution in [0.3, 0.4) is 0 Å². The van der Waals surface area contributed by atoms with Crippen LogP contribution in [0.5, 0.6) is 0 Å². The molecule has 13 rings (SSSR count). The van der Waals surface area contributed by atoms with Crippen LogP contribution in [0, 0.1) is 6.92 Å². The molecule has 0 saturated heterocycles. The number of hydrogen-bond acceptors (Lipinski definition) is 3. The van der Waals surface area contributed by atoms with Gasteiger partial charge in [-0.2, -0.15) is 0 Å². The Balaban J connectivity index is 1.13. The van der Waals surface area contributed by atoms with Gasteiger partial charge in [-0.05, 0) is 166 Å². The Labute approximate surface area is 404 Å². The van der Waals surface area contributed by atoms with E-state index in [2.05, 4.69) is 208 Å². The number of para-hydroxylation sites is 1. The molecule has 2 aromatic heterocycles. The molecule has 5 heterocycles. The van der Waals surface area contributed by atoms with Crippen LogP contribution in [0.2, 0.25) is 0 Å². The number of rotatable bonds is 2. The molecule has 0 bridgehead atoms. The van der Waals surface area contributed by atoms with Crippen molar-refractivity contribution in [2.45, 2.75) is 161 Å². The van der Waals surface area contributed by atoms with Crippen molar-refractivity contribution in [2.24, 2.45) is 0 Å². The van der Waals surface area contributed by atoms with Crippen molar-refractivity contribution < 1.29 is 4.42 Å². The third-order valence-corrected chi connectivity index (χ3v) is 18.5. The number of hydrogen-bond donors (Lipinski definition) is 0. The third kappa shape index (κ3) is 5.45. The first kappa shape index (κ1) is 42.4. The molecule has 2 atom stereocenters. The Hall–Kier alpha value is -5.68. The van der Waals surface area contributed by atoms with Gasteiger partial charge in [0.25, 0.3) is 6.71 Å². The van der Waals surface area contributed by atoms with Crippen molar-refractivity contribution in [1.82, 2.24) is 4.57 Å². The highest BCUT2D eigenvalue weighted by atomic mass is 16.3. The number of anilines is 5. The van der Waals surface area contributed by atoms with Gasteiger partial charge in [-0.3, -0.25) is 4.57 Å². The summed E-state index contributed by atoms with van der Waals surface area (Å²) < 4.78 is 9.52. The van der Waals surface area contributed by atoms with E-state index in [1.807, 2.05) is 0 Å². The van der Waals surface area contributed by atoms with E-state index in [9.17, 15) is 0 Å². The standard InChI is InChI=1S/C63H68BN3O/c1-37-30-51-55-52(31-37)66-56-43(54-42-18-14-15-19-53(42)68-57(54)66)32-39(59(5,6)7)34-48(56)64(55)47-24-22-41(36-50(47)65(51)40-21-23-44-45(35-40)61(10,11)29-28-60(44,8)9)67-49-25-20-38(58(2,3)4)33-46(49)62(12)26-16-17-27-63(62,67)13/h14-15,18-25,30-36H,16-17,26-29H2,1-13H3. The summed E-state index contributed by atoms with van der Waals surface area (Å²) in [6, 6.07) is 41.3. The Bertz CT molecular complexity index is 3510. The van der Waals surface area contributed by atoms with Crippen molar-refractivity contribution >= 4 is 84.5 Å². The van der Waals surface area contributed by atoms with Crippen molar-refractivity contribution in [1.29, 1.82) is 0 Å². The fourth-order valence-electron chi connectivity index (χ4n) is 14.3. The van der Waals surface area contributed by atoms with Gasteiger partial charge < -0.3 is 14.2 Å². The monoisotopic (exact) mass is 894 g/mol. The molecule has 0 amide bonds. The zero-order valence-electron chi connectivity index (χ0n) is 42.9. The van der Waals surface area contributed by atoms with Crippen molar-refractivity contribution in [3.63, 3.8) is 0 Å². The van der Waals surface area contributed by atoms with Crippen LogP contribution in [-0.4, -0.2) is 16.8 Å². The van der Waals surface area contributed by atoms with E-state index in [1.54, 1.807) is 0 Å². The van der Waals surface area contributed by atoms with Crippen LogP contribution in [-0.2, 0) is 27.1 Å². The lowest BCUT2D eigenvalue weighted by atomic mass is 9.33. The number of fused-ring (bicyclic) bond motifs is 13. The SMILES string of the molecule is Cc1cc2c3c(c1)-n1c4oc5ccccc5c4c4cc(C(C)(C)C)cc(c41)B3c1ccc(N3c4ccc(C(C)(C)C)cc4C4(C)CCCCC34C)cc1N2c1ccc2c(c1)C(C)(C)CCC2(C)C. The summed E-state index contributed by atoms with van der Waals surface area (Å²) in [6.07, 6.45) is 7.25. The summed E-state index contributed by atoms with van der Waals surface area (Å²) in [5.74, 6) is 0. The summed E-state index contributed by atoms with van der Waals surface area (Å²) in [6.45, 7) is 31.5. The maximum Gasteiger partial charge on any atom is 0.252 e. The maximum absolute atomic E-state index is 7.01. The smallest absolute Gasteiger partial charge is 0.252 e. The van der Waals surface area contributed by atoms with Crippen LogP contribution >= 0.6 is 0 Å². The minimum atomic E-state index is -0.0728. The van der Waals surface area contributed by atoms with Crippen molar-refractivity contribution in [3.05, 3.63) is 137 Å².